The Bertz CT molecular complexity index is 540. The first-order chi connectivity index (χ1) is 8.36. The monoisotopic (exact) mass is 271 g/mol. The van der Waals surface area contributed by atoms with Crippen LogP contribution in [0.1, 0.15) is 12.8 Å². The van der Waals surface area contributed by atoms with Gasteiger partial charge in [0.2, 0.25) is 10.0 Å². The number of anilines is 2. The lowest BCUT2D eigenvalue weighted by Crippen LogP contribution is -2.21. The Kier molecular flexibility index (Phi) is 3.47. The number of nitrogen functional groups attached to an aromatic ring is 1. The average Bonchev–Trinajstić information content (AvgIpc) is 3.07. The molecule has 0 spiro atoms. The van der Waals surface area contributed by atoms with Crippen molar-refractivity contribution in [2.24, 2.45) is 11.1 Å². The van der Waals surface area contributed by atoms with Crippen molar-refractivity contribution in [1.29, 1.82) is 0 Å². The fraction of sp³-hybridized carbons (Fsp3) is 0.455. The lowest BCUT2D eigenvalue weighted by atomic mass is 10.2. The van der Waals surface area contributed by atoms with E-state index in [9.17, 15) is 13.5 Å². The molecule has 2 rings (SSSR count). The summed E-state index contributed by atoms with van der Waals surface area (Å²) in [4.78, 5) is -0.0362. The second kappa shape index (κ2) is 4.75. The number of aliphatic hydroxyl groups is 1. The van der Waals surface area contributed by atoms with E-state index in [0.717, 1.165) is 12.8 Å². The highest BCUT2D eigenvalue weighted by atomic mass is 32.2. The minimum absolute atomic E-state index is 0.0362. The van der Waals surface area contributed by atoms with Crippen LogP contribution in [0.5, 0.6) is 0 Å². The maximum atomic E-state index is 11.2. The summed E-state index contributed by atoms with van der Waals surface area (Å²) < 4.78 is 22.5. The molecule has 6 N–H and O–H groups in total. The van der Waals surface area contributed by atoms with Crippen molar-refractivity contribution in [2.45, 2.75) is 23.8 Å². The van der Waals surface area contributed by atoms with Gasteiger partial charge in [-0.25, -0.2) is 13.6 Å². The lowest BCUT2D eigenvalue weighted by molar-refractivity contribution is 0.164. The van der Waals surface area contributed by atoms with Gasteiger partial charge in [-0.1, -0.05) is 0 Å². The minimum Gasteiger partial charge on any atom is -0.399 e. The molecule has 0 aromatic heterocycles. The standard InChI is InChI=1S/C11H17N3O3S/c12-8-3-9(5-10(4-8)18(13,16)17)14-6-11(15)7-1-2-7/h3-5,7,11,14-15H,1-2,6,12H2,(H2,13,16,17). The van der Waals surface area contributed by atoms with Gasteiger partial charge in [-0.05, 0) is 37.0 Å². The van der Waals surface area contributed by atoms with E-state index in [4.69, 9.17) is 10.9 Å². The molecule has 100 valence electrons. The summed E-state index contributed by atoms with van der Waals surface area (Å²) in [6.45, 7) is 0.373. The summed E-state index contributed by atoms with van der Waals surface area (Å²) in [5.41, 5.74) is 6.46. The zero-order chi connectivity index (χ0) is 13.3. The number of primary sulfonamides is 1. The number of benzene rings is 1. The number of nitrogens with one attached hydrogen (secondary N) is 1. The van der Waals surface area contributed by atoms with Crippen molar-refractivity contribution in [3.8, 4) is 0 Å². The Hall–Kier alpha value is -1.31. The number of hydrogen-bond donors (Lipinski definition) is 4. The molecular weight excluding hydrogens is 254 g/mol. The van der Waals surface area contributed by atoms with Gasteiger partial charge in [-0.3, -0.25) is 0 Å². The molecule has 1 atom stereocenters. The Labute approximate surface area is 106 Å². The molecule has 0 amide bonds. The van der Waals surface area contributed by atoms with Gasteiger partial charge in [-0.15, -0.1) is 0 Å². The van der Waals surface area contributed by atoms with Crippen LogP contribution in [0.3, 0.4) is 0 Å². The molecule has 1 fully saturated rings. The smallest absolute Gasteiger partial charge is 0.238 e. The third kappa shape index (κ3) is 3.34. The molecular formula is C11H17N3O3S. The number of nitrogens with two attached hydrogens (primary N) is 2. The number of sulfonamides is 1. The van der Waals surface area contributed by atoms with E-state index >= 15 is 0 Å². The molecule has 7 heteroatoms. The first kappa shape index (κ1) is 13.1. The minimum atomic E-state index is -3.77. The van der Waals surface area contributed by atoms with Crippen LogP contribution < -0.4 is 16.2 Å². The van der Waals surface area contributed by atoms with Crippen LogP contribution in [-0.4, -0.2) is 26.2 Å². The Balaban J connectivity index is 2.10. The highest BCUT2D eigenvalue weighted by Gasteiger charge is 2.29. The molecule has 18 heavy (non-hydrogen) atoms. The van der Waals surface area contributed by atoms with Crippen LogP contribution in [0.25, 0.3) is 0 Å². The van der Waals surface area contributed by atoms with Crippen LogP contribution in [-0.2, 0) is 10.0 Å². The van der Waals surface area contributed by atoms with Gasteiger partial charge in [0.15, 0.2) is 0 Å². The molecule has 1 unspecified atom stereocenters. The van der Waals surface area contributed by atoms with Crippen LogP contribution in [0.4, 0.5) is 11.4 Å². The lowest BCUT2D eigenvalue weighted by Gasteiger charge is -2.13. The zero-order valence-corrected chi connectivity index (χ0v) is 10.7. The molecule has 0 bridgehead atoms. The summed E-state index contributed by atoms with van der Waals surface area (Å²) in [5, 5.41) is 17.7. The molecule has 1 aromatic rings. The van der Waals surface area contributed by atoms with E-state index in [0.29, 0.717) is 23.8 Å². The SMILES string of the molecule is Nc1cc(NCC(O)C2CC2)cc(S(N)(=O)=O)c1. The summed E-state index contributed by atoms with van der Waals surface area (Å²) in [6, 6.07) is 4.32. The molecule has 1 aliphatic carbocycles. The summed E-state index contributed by atoms with van der Waals surface area (Å²) in [6.07, 6.45) is 1.68. The van der Waals surface area contributed by atoms with E-state index in [1.54, 1.807) is 6.07 Å². The van der Waals surface area contributed by atoms with Crippen molar-refractivity contribution in [3.05, 3.63) is 18.2 Å². The van der Waals surface area contributed by atoms with Crippen LogP contribution >= 0.6 is 0 Å². The fourth-order valence-electron chi connectivity index (χ4n) is 1.76. The molecule has 1 saturated carbocycles. The van der Waals surface area contributed by atoms with E-state index in [2.05, 4.69) is 5.32 Å². The predicted octanol–water partition coefficient (Wildman–Crippen LogP) is 0.0990. The highest BCUT2D eigenvalue weighted by Crippen LogP contribution is 2.32. The van der Waals surface area contributed by atoms with Gasteiger partial charge in [0.25, 0.3) is 0 Å². The van der Waals surface area contributed by atoms with Gasteiger partial charge in [-0.2, -0.15) is 0 Å². The summed E-state index contributed by atoms with van der Waals surface area (Å²) >= 11 is 0. The number of aliphatic hydroxyl groups excluding tert-OH is 1. The number of hydrogen-bond acceptors (Lipinski definition) is 5. The van der Waals surface area contributed by atoms with Crippen molar-refractivity contribution in [1.82, 2.24) is 0 Å². The average molecular weight is 271 g/mol. The first-order valence-electron chi connectivity index (χ1n) is 5.71. The zero-order valence-electron chi connectivity index (χ0n) is 9.83. The summed E-state index contributed by atoms with van der Waals surface area (Å²) in [7, 11) is -3.77. The highest BCUT2D eigenvalue weighted by molar-refractivity contribution is 7.89. The van der Waals surface area contributed by atoms with E-state index < -0.39 is 16.1 Å². The first-order valence-corrected chi connectivity index (χ1v) is 7.26. The molecule has 6 nitrogen and oxygen atoms in total. The van der Waals surface area contributed by atoms with E-state index in [1.807, 2.05) is 0 Å². The van der Waals surface area contributed by atoms with E-state index in [1.165, 1.54) is 12.1 Å². The maximum Gasteiger partial charge on any atom is 0.238 e. The van der Waals surface area contributed by atoms with Crippen molar-refractivity contribution >= 4 is 21.4 Å². The van der Waals surface area contributed by atoms with Crippen LogP contribution in [0, 0.1) is 5.92 Å². The van der Waals surface area contributed by atoms with Crippen molar-refractivity contribution in [3.63, 3.8) is 0 Å². The third-order valence-electron chi connectivity index (χ3n) is 2.94. The molecule has 1 aliphatic rings. The van der Waals surface area contributed by atoms with Crippen LogP contribution in [0.15, 0.2) is 23.1 Å². The summed E-state index contributed by atoms with van der Waals surface area (Å²) in [5.74, 6) is 0.358. The Morgan fingerprint density at radius 3 is 2.61 bits per heavy atom. The van der Waals surface area contributed by atoms with E-state index in [-0.39, 0.29) is 4.90 Å². The third-order valence-corrected chi connectivity index (χ3v) is 3.83. The molecule has 0 saturated heterocycles. The van der Waals surface area contributed by atoms with Gasteiger partial charge >= 0.3 is 0 Å². The topological polar surface area (TPSA) is 118 Å². The van der Waals surface area contributed by atoms with Gasteiger partial charge < -0.3 is 16.2 Å². The molecule has 0 radical (unpaired) electrons. The molecule has 0 aliphatic heterocycles. The second-order valence-electron chi connectivity index (χ2n) is 4.62. The van der Waals surface area contributed by atoms with Gasteiger partial charge in [0.1, 0.15) is 0 Å². The van der Waals surface area contributed by atoms with Gasteiger partial charge in [0, 0.05) is 17.9 Å². The van der Waals surface area contributed by atoms with Crippen LogP contribution in [0.2, 0.25) is 0 Å². The van der Waals surface area contributed by atoms with Crippen molar-refractivity contribution < 1.29 is 13.5 Å². The molecule has 1 aromatic carbocycles. The predicted molar refractivity (Wildman–Crippen MR) is 69.4 cm³/mol. The van der Waals surface area contributed by atoms with Gasteiger partial charge in [0.05, 0.1) is 11.0 Å². The normalized spacial score (nSPS) is 17.4. The molecule has 0 heterocycles. The second-order valence-corrected chi connectivity index (χ2v) is 6.18. The quantitative estimate of drug-likeness (QED) is 0.566. The Morgan fingerprint density at radius 1 is 1.39 bits per heavy atom. The van der Waals surface area contributed by atoms with Crippen molar-refractivity contribution in [2.75, 3.05) is 17.6 Å². The number of rotatable bonds is 5. The Morgan fingerprint density at radius 2 is 2.06 bits per heavy atom. The maximum absolute atomic E-state index is 11.2. The largest absolute Gasteiger partial charge is 0.399 e. The fourth-order valence-corrected chi connectivity index (χ4v) is 2.35.